The zero-order valence-corrected chi connectivity index (χ0v) is 23.0. The number of aliphatic carboxylic acids is 1. The summed E-state index contributed by atoms with van der Waals surface area (Å²) in [6, 6.07) is 6.99. The summed E-state index contributed by atoms with van der Waals surface area (Å²) in [5.74, 6) is -2.86. The van der Waals surface area contributed by atoms with Crippen LogP contribution < -0.4 is 15.4 Å². The highest BCUT2D eigenvalue weighted by Gasteiger charge is 2.31. The number of rotatable bonds is 10. The molecule has 15 heteroatoms. The Bertz CT molecular complexity index is 1380. The van der Waals surface area contributed by atoms with Crippen LogP contribution in [0.5, 0.6) is 5.75 Å². The first kappa shape index (κ1) is 30.0. The van der Waals surface area contributed by atoms with Gasteiger partial charge in [0.15, 0.2) is 6.61 Å². The number of para-hydroxylation sites is 1. The normalized spacial score (nSPS) is 15.6. The van der Waals surface area contributed by atoms with Crippen LogP contribution in [0.3, 0.4) is 0 Å². The summed E-state index contributed by atoms with van der Waals surface area (Å²) in [7, 11) is 0. The van der Waals surface area contributed by atoms with Gasteiger partial charge in [-0.25, -0.2) is 9.78 Å². The molecular formula is C27H32N6O9. The van der Waals surface area contributed by atoms with Crippen LogP contribution in [0.4, 0.5) is 4.79 Å². The summed E-state index contributed by atoms with van der Waals surface area (Å²) < 4.78 is 10.7. The molecular weight excluding hydrogens is 552 g/mol. The lowest BCUT2D eigenvalue weighted by atomic mass is 10.1. The number of benzene rings is 1. The summed E-state index contributed by atoms with van der Waals surface area (Å²) in [6.45, 7) is 2.39. The van der Waals surface area contributed by atoms with Gasteiger partial charge >= 0.3 is 12.1 Å². The Hall–Kier alpha value is -4.95. The number of nitrogens with one attached hydrogen (secondary N) is 2. The van der Waals surface area contributed by atoms with Crippen molar-refractivity contribution in [2.24, 2.45) is 0 Å². The predicted octanol–water partition coefficient (Wildman–Crippen LogP) is -0.207. The number of carbonyl (C=O) groups is 6. The number of amides is 5. The molecule has 0 unspecified atom stereocenters. The first-order chi connectivity index (χ1) is 20.2. The molecule has 2 saturated heterocycles. The SMILES string of the molecule is CCOC(=O)N1CCN(C(=O)[C@H](CCC(=O)O)NC(=O)c2cc(OCC(=O)N3CNC(=O)C3)c3ccccc3n2)CC1. The van der Waals surface area contributed by atoms with E-state index < -0.39 is 35.8 Å². The highest BCUT2D eigenvalue weighted by atomic mass is 16.6. The van der Waals surface area contributed by atoms with Crippen LogP contribution in [-0.4, -0.2) is 119 Å². The van der Waals surface area contributed by atoms with E-state index in [0.29, 0.717) is 10.9 Å². The average molecular weight is 585 g/mol. The second-order valence-corrected chi connectivity index (χ2v) is 9.63. The summed E-state index contributed by atoms with van der Waals surface area (Å²) in [6.07, 6.45) is -1.01. The fraction of sp³-hybridized carbons (Fsp3) is 0.444. The Kier molecular flexibility index (Phi) is 9.73. The number of carboxylic acid groups (broad SMARTS) is 1. The molecule has 5 amide bonds. The zero-order chi connectivity index (χ0) is 30.2. The summed E-state index contributed by atoms with van der Waals surface area (Å²) in [5, 5.41) is 14.9. The van der Waals surface area contributed by atoms with Gasteiger partial charge < -0.3 is 39.9 Å². The van der Waals surface area contributed by atoms with E-state index in [4.69, 9.17) is 9.47 Å². The molecule has 0 aliphatic carbocycles. The van der Waals surface area contributed by atoms with E-state index in [1.54, 1.807) is 31.2 Å². The lowest BCUT2D eigenvalue weighted by Crippen LogP contribution is -2.56. The molecule has 15 nitrogen and oxygen atoms in total. The Morgan fingerprint density at radius 1 is 1.07 bits per heavy atom. The van der Waals surface area contributed by atoms with Crippen LogP contribution in [0.2, 0.25) is 0 Å². The molecule has 224 valence electrons. The standard InChI is InChI=1S/C27H32N6O9/c1-2-41-27(40)32-11-9-31(10-12-32)26(39)19(7-8-24(36)37)30-25(38)20-13-21(17-5-3-4-6-18(17)29-20)42-15-23(35)33-14-22(34)28-16-33/h3-6,13,19H,2,7-12,14-16H2,1H3,(H,28,34)(H,30,38)(H,36,37)/t19-/m0/s1. The van der Waals surface area contributed by atoms with E-state index in [1.165, 1.54) is 20.8 Å². The van der Waals surface area contributed by atoms with Crippen molar-refractivity contribution in [2.45, 2.75) is 25.8 Å². The molecule has 0 spiro atoms. The third-order valence-corrected chi connectivity index (χ3v) is 6.78. The minimum absolute atomic E-state index is 0.0728. The summed E-state index contributed by atoms with van der Waals surface area (Å²) in [5.41, 5.74) is 0.295. The van der Waals surface area contributed by atoms with Gasteiger partial charge in [0.25, 0.3) is 11.8 Å². The number of fused-ring (bicyclic) bond motifs is 1. The lowest BCUT2D eigenvalue weighted by Gasteiger charge is -2.35. The monoisotopic (exact) mass is 584 g/mol. The van der Waals surface area contributed by atoms with E-state index in [-0.39, 0.29) is 82.8 Å². The third kappa shape index (κ3) is 7.41. The molecule has 3 N–H and O–H groups in total. The molecule has 2 aromatic rings. The molecule has 4 rings (SSSR count). The number of hydrogen-bond donors (Lipinski definition) is 3. The molecule has 2 aliphatic rings. The van der Waals surface area contributed by atoms with E-state index in [1.807, 2.05) is 0 Å². The molecule has 1 atom stereocenters. The van der Waals surface area contributed by atoms with E-state index in [0.717, 1.165) is 0 Å². The van der Waals surface area contributed by atoms with E-state index in [2.05, 4.69) is 15.6 Å². The zero-order valence-electron chi connectivity index (χ0n) is 23.0. The fourth-order valence-electron chi connectivity index (χ4n) is 4.56. The molecule has 0 bridgehead atoms. The Morgan fingerprint density at radius 2 is 1.79 bits per heavy atom. The fourth-order valence-corrected chi connectivity index (χ4v) is 4.56. The van der Waals surface area contributed by atoms with Gasteiger partial charge in [-0.05, 0) is 25.5 Å². The maximum absolute atomic E-state index is 13.4. The molecule has 1 aromatic heterocycles. The van der Waals surface area contributed by atoms with Gasteiger partial charge in [-0.3, -0.25) is 24.0 Å². The highest BCUT2D eigenvalue weighted by molar-refractivity contribution is 5.99. The quantitative estimate of drug-likeness (QED) is 0.337. The number of ether oxygens (including phenoxy) is 2. The van der Waals surface area contributed by atoms with Crippen LogP contribution in [0.1, 0.15) is 30.3 Å². The lowest BCUT2D eigenvalue weighted by molar-refractivity contribution is -0.138. The first-order valence-corrected chi connectivity index (χ1v) is 13.5. The molecule has 2 aliphatic heterocycles. The topological polar surface area (TPSA) is 188 Å². The maximum Gasteiger partial charge on any atom is 0.409 e. The van der Waals surface area contributed by atoms with Crippen molar-refractivity contribution in [3.05, 3.63) is 36.0 Å². The van der Waals surface area contributed by atoms with Crippen molar-refractivity contribution in [2.75, 3.05) is 52.6 Å². The van der Waals surface area contributed by atoms with Crippen molar-refractivity contribution >= 4 is 46.6 Å². The largest absolute Gasteiger partial charge is 0.483 e. The van der Waals surface area contributed by atoms with Crippen molar-refractivity contribution in [1.29, 1.82) is 0 Å². The number of carbonyl (C=O) groups excluding carboxylic acids is 5. The van der Waals surface area contributed by atoms with Gasteiger partial charge in [0, 0.05) is 44.1 Å². The van der Waals surface area contributed by atoms with E-state index in [9.17, 15) is 33.9 Å². The number of hydrogen-bond acceptors (Lipinski definition) is 9. The smallest absolute Gasteiger partial charge is 0.409 e. The van der Waals surface area contributed by atoms with Gasteiger partial charge in [-0.15, -0.1) is 0 Å². The second-order valence-electron chi connectivity index (χ2n) is 9.63. The van der Waals surface area contributed by atoms with Crippen molar-refractivity contribution in [3.63, 3.8) is 0 Å². The number of carboxylic acids is 1. The van der Waals surface area contributed by atoms with Gasteiger partial charge in [-0.1, -0.05) is 12.1 Å². The number of pyridine rings is 1. The first-order valence-electron chi connectivity index (χ1n) is 13.5. The molecule has 3 heterocycles. The predicted molar refractivity (Wildman–Crippen MR) is 145 cm³/mol. The minimum Gasteiger partial charge on any atom is -0.483 e. The Morgan fingerprint density at radius 3 is 2.45 bits per heavy atom. The average Bonchev–Trinajstić information content (AvgIpc) is 3.43. The second kappa shape index (κ2) is 13.6. The van der Waals surface area contributed by atoms with Crippen LogP contribution in [-0.2, 0) is 23.9 Å². The molecule has 1 aromatic carbocycles. The highest BCUT2D eigenvalue weighted by Crippen LogP contribution is 2.26. The van der Waals surface area contributed by atoms with Crippen LogP contribution in [0.25, 0.3) is 10.9 Å². The Labute approximate surface area is 240 Å². The number of nitrogens with zero attached hydrogens (tertiary/aromatic N) is 4. The molecule has 0 radical (unpaired) electrons. The van der Waals surface area contributed by atoms with E-state index >= 15 is 0 Å². The summed E-state index contributed by atoms with van der Waals surface area (Å²) >= 11 is 0. The van der Waals surface area contributed by atoms with Gasteiger partial charge in [-0.2, -0.15) is 0 Å². The Balaban J connectivity index is 1.48. The van der Waals surface area contributed by atoms with Gasteiger partial charge in [0.2, 0.25) is 11.8 Å². The van der Waals surface area contributed by atoms with Crippen molar-refractivity contribution in [1.82, 2.24) is 30.3 Å². The molecule has 42 heavy (non-hydrogen) atoms. The van der Waals surface area contributed by atoms with Crippen LogP contribution in [0.15, 0.2) is 30.3 Å². The van der Waals surface area contributed by atoms with Gasteiger partial charge in [0.05, 0.1) is 18.8 Å². The van der Waals surface area contributed by atoms with Gasteiger partial charge in [0.1, 0.15) is 24.0 Å². The minimum atomic E-state index is -1.16. The van der Waals surface area contributed by atoms with Crippen LogP contribution >= 0.6 is 0 Å². The number of aromatic nitrogens is 1. The molecule has 0 saturated carbocycles. The van der Waals surface area contributed by atoms with Crippen molar-refractivity contribution in [3.8, 4) is 5.75 Å². The summed E-state index contributed by atoms with van der Waals surface area (Å²) in [4.78, 5) is 82.5. The van der Waals surface area contributed by atoms with Crippen LogP contribution in [0, 0.1) is 0 Å². The number of piperazine rings is 1. The van der Waals surface area contributed by atoms with Crippen molar-refractivity contribution < 1.29 is 43.3 Å². The molecule has 2 fully saturated rings. The third-order valence-electron chi connectivity index (χ3n) is 6.78. The maximum atomic E-state index is 13.4.